The molecule has 0 unspecified atom stereocenters. The number of aromatic nitrogens is 2. The number of Topliss-reactive ketones (excluding diaryl/α,β-unsaturated/α-hetero) is 1. The monoisotopic (exact) mass is 414 g/mol. The molecule has 0 saturated heterocycles. The number of carbonyl (C=O) groups excluding carboxylic acids is 1. The molecule has 4 nitrogen and oxygen atoms in total. The van der Waals surface area contributed by atoms with Crippen LogP contribution >= 0.6 is 11.8 Å². The second-order valence-electron chi connectivity index (χ2n) is 7.47. The van der Waals surface area contributed by atoms with Crippen molar-refractivity contribution < 1.29 is 22.4 Å². The molecule has 28 heavy (non-hydrogen) atoms. The Kier molecular flexibility index (Phi) is 5.40. The third-order valence-corrected chi connectivity index (χ3v) is 5.33. The number of benzene rings is 1. The van der Waals surface area contributed by atoms with Crippen LogP contribution in [0.3, 0.4) is 0 Å². The van der Waals surface area contributed by atoms with Gasteiger partial charge in [0.05, 0.1) is 4.90 Å². The number of aromatic amines is 1. The van der Waals surface area contributed by atoms with Crippen molar-refractivity contribution in [3.8, 4) is 0 Å². The molecule has 0 spiro atoms. The molecular weight excluding hydrogens is 396 g/mol. The van der Waals surface area contributed by atoms with Gasteiger partial charge in [0.15, 0.2) is 5.78 Å². The van der Waals surface area contributed by atoms with E-state index in [-0.39, 0.29) is 23.8 Å². The average Bonchev–Trinajstić information content (AvgIpc) is 3.39. The van der Waals surface area contributed by atoms with E-state index < -0.39 is 39.0 Å². The third kappa shape index (κ3) is 5.01. The van der Waals surface area contributed by atoms with E-state index in [9.17, 15) is 27.2 Å². The summed E-state index contributed by atoms with van der Waals surface area (Å²) in [5.41, 5.74) is -5.42. The fourth-order valence-electron chi connectivity index (χ4n) is 2.89. The molecule has 0 bridgehead atoms. The van der Waals surface area contributed by atoms with Crippen LogP contribution in [0.1, 0.15) is 60.9 Å². The highest BCUT2D eigenvalue weighted by molar-refractivity contribution is 8.00. The SMILES string of the molecule is CC(C)(CC(=O)c1cc(=O)[nH]c(C2CC2)n1)c1ccc(SC(F)(F)F)c(F)c1. The van der Waals surface area contributed by atoms with Gasteiger partial charge in [-0.1, -0.05) is 19.9 Å². The smallest absolute Gasteiger partial charge is 0.310 e. The predicted octanol–water partition coefficient (Wildman–Crippen LogP) is 4.95. The molecule has 9 heteroatoms. The van der Waals surface area contributed by atoms with Gasteiger partial charge in [-0.2, -0.15) is 13.2 Å². The highest BCUT2D eigenvalue weighted by Gasteiger charge is 2.32. The summed E-state index contributed by atoms with van der Waals surface area (Å²) in [7, 11) is 0. The predicted molar refractivity (Wildman–Crippen MR) is 97.1 cm³/mol. The summed E-state index contributed by atoms with van der Waals surface area (Å²) in [6.07, 6.45) is 1.75. The van der Waals surface area contributed by atoms with E-state index in [2.05, 4.69) is 9.97 Å². The summed E-state index contributed by atoms with van der Waals surface area (Å²) in [6, 6.07) is 4.59. The minimum atomic E-state index is -4.58. The molecule has 1 heterocycles. The van der Waals surface area contributed by atoms with Crippen molar-refractivity contribution in [2.45, 2.75) is 54.8 Å². The van der Waals surface area contributed by atoms with Crippen LogP contribution in [0.25, 0.3) is 0 Å². The lowest BCUT2D eigenvalue weighted by Gasteiger charge is -2.25. The fourth-order valence-corrected chi connectivity index (χ4v) is 3.43. The Labute approximate surface area is 162 Å². The maximum Gasteiger partial charge on any atom is 0.446 e. The number of ketones is 1. The highest BCUT2D eigenvalue weighted by Crippen LogP contribution is 2.40. The number of nitrogens with zero attached hydrogens (tertiary/aromatic N) is 1. The van der Waals surface area contributed by atoms with Crippen LogP contribution in [0.15, 0.2) is 34.0 Å². The number of H-pyrrole nitrogens is 1. The summed E-state index contributed by atoms with van der Waals surface area (Å²) in [5, 5.41) is 0. The summed E-state index contributed by atoms with van der Waals surface area (Å²) < 4.78 is 51.5. The third-order valence-electron chi connectivity index (χ3n) is 4.55. The standard InChI is InChI=1S/C19H18F4N2O2S/c1-18(2,11-5-6-15(12(20)7-11)28-19(21,22)23)9-14(26)13-8-16(27)25-17(24-13)10-3-4-10/h5-8,10H,3-4,9H2,1-2H3,(H,24,25,27). The number of hydrogen-bond donors (Lipinski definition) is 1. The minimum absolute atomic E-state index is 0.0449. The number of rotatable bonds is 6. The van der Waals surface area contributed by atoms with Crippen LogP contribution in [-0.4, -0.2) is 21.3 Å². The number of carbonyl (C=O) groups is 1. The molecule has 150 valence electrons. The van der Waals surface area contributed by atoms with Gasteiger partial charge in [0.25, 0.3) is 5.56 Å². The fraction of sp³-hybridized carbons (Fsp3) is 0.421. The maximum atomic E-state index is 14.1. The molecule has 0 aliphatic heterocycles. The van der Waals surface area contributed by atoms with Crippen molar-refractivity contribution in [2.75, 3.05) is 0 Å². The quantitative estimate of drug-likeness (QED) is 0.413. The van der Waals surface area contributed by atoms with Crippen LogP contribution < -0.4 is 5.56 Å². The Hall–Kier alpha value is -2.16. The number of hydrogen-bond acceptors (Lipinski definition) is 4. The van der Waals surface area contributed by atoms with Gasteiger partial charge in [0, 0.05) is 18.4 Å². The van der Waals surface area contributed by atoms with E-state index >= 15 is 0 Å². The number of alkyl halides is 3. The largest absolute Gasteiger partial charge is 0.446 e. The van der Waals surface area contributed by atoms with Gasteiger partial charge in [-0.25, -0.2) is 9.37 Å². The first kappa shape index (κ1) is 20.6. The zero-order chi connectivity index (χ0) is 20.7. The van der Waals surface area contributed by atoms with Crippen molar-refractivity contribution in [1.82, 2.24) is 9.97 Å². The lowest BCUT2D eigenvalue weighted by Crippen LogP contribution is -2.24. The van der Waals surface area contributed by atoms with E-state index in [1.54, 1.807) is 13.8 Å². The van der Waals surface area contributed by atoms with Gasteiger partial charge >= 0.3 is 5.51 Å². The van der Waals surface area contributed by atoms with Gasteiger partial charge in [0.2, 0.25) is 0 Å². The Balaban J connectivity index is 1.80. The van der Waals surface area contributed by atoms with Crippen LogP contribution in [0.5, 0.6) is 0 Å². The first-order chi connectivity index (χ1) is 12.9. The van der Waals surface area contributed by atoms with Crippen molar-refractivity contribution in [1.29, 1.82) is 0 Å². The van der Waals surface area contributed by atoms with Crippen molar-refractivity contribution in [3.63, 3.8) is 0 Å². The second kappa shape index (κ2) is 7.35. The highest BCUT2D eigenvalue weighted by atomic mass is 32.2. The van der Waals surface area contributed by atoms with E-state index in [1.807, 2.05) is 0 Å². The van der Waals surface area contributed by atoms with Gasteiger partial charge in [-0.15, -0.1) is 0 Å². The minimum Gasteiger partial charge on any atom is -0.310 e. The summed E-state index contributed by atoms with van der Waals surface area (Å²) in [6.45, 7) is 3.37. The molecule has 1 fully saturated rings. The average molecular weight is 414 g/mol. The van der Waals surface area contributed by atoms with Gasteiger partial charge in [0.1, 0.15) is 17.3 Å². The Morgan fingerprint density at radius 2 is 1.93 bits per heavy atom. The molecule has 1 saturated carbocycles. The van der Waals surface area contributed by atoms with Gasteiger partial charge in [-0.05, 0) is 47.7 Å². The topological polar surface area (TPSA) is 62.8 Å². The lowest BCUT2D eigenvalue weighted by atomic mass is 9.79. The molecular formula is C19H18F4N2O2S. The molecule has 0 atom stereocenters. The normalized spacial score (nSPS) is 14.9. The first-order valence-electron chi connectivity index (χ1n) is 8.65. The Morgan fingerprint density at radius 1 is 1.25 bits per heavy atom. The zero-order valence-corrected chi connectivity index (χ0v) is 16.0. The zero-order valence-electron chi connectivity index (χ0n) is 15.2. The molecule has 2 aromatic rings. The molecule has 3 rings (SSSR count). The van der Waals surface area contributed by atoms with E-state index in [1.165, 1.54) is 6.07 Å². The Morgan fingerprint density at radius 3 is 2.50 bits per heavy atom. The van der Waals surface area contributed by atoms with Crippen molar-refractivity contribution in [2.24, 2.45) is 0 Å². The molecule has 1 N–H and O–H groups in total. The lowest BCUT2D eigenvalue weighted by molar-refractivity contribution is -0.0329. The van der Waals surface area contributed by atoms with Gasteiger partial charge < -0.3 is 4.98 Å². The molecule has 1 aliphatic rings. The number of nitrogens with one attached hydrogen (secondary N) is 1. The van der Waals surface area contributed by atoms with Crippen molar-refractivity contribution in [3.05, 3.63) is 57.5 Å². The second-order valence-corrected chi connectivity index (χ2v) is 8.57. The Bertz CT molecular complexity index is 965. The van der Waals surface area contributed by atoms with E-state index in [0.29, 0.717) is 11.4 Å². The van der Waals surface area contributed by atoms with Crippen LogP contribution in [0.4, 0.5) is 17.6 Å². The maximum absolute atomic E-state index is 14.1. The van der Waals surface area contributed by atoms with Crippen molar-refractivity contribution >= 4 is 17.5 Å². The summed E-state index contributed by atoms with van der Waals surface area (Å²) in [4.78, 5) is 30.8. The van der Waals surface area contributed by atoms with E-state index in [0.717, 1.165) is 31.0 Å². The summed E-state index contributed by atoms with van der Waals surface area (Å²) >= 11 is -0.521. The summed E-state index contributed by atoms with van der Waals surface area (Å²) in [5.74, 6) is -0.715. The molecule has 1 aromatic heterocycles. The molecule has 0 amide bonds. The number of halogens is 4. The van der Waals surface area contributed by atoms with E-state index in [4.69, 9.17) is 0 Å². The molecule has 0 radical (unpaired) electrons. The van der Waals surface area contributed by atoms with Gasteiger partial charge in [-0.3, -0.25) is 9.59 Å². The van der Waals surface area contributed by atoms with Crippen LogP contribution in [0.2, 0.25) is 0 Å². The first-order valence-corrected chi connectivity index (χ1v) is 9.46. The van der Waals surface area contributed by atoms with Crippen LogP contribution in [0, 0.1) is 5.82 Å². The van der Waals surface area contributed by atoms with Crippen LogP contribution in [-0.2, 0) is 5.41 Å². The number of thioether (sulfide) groups is 1. The molecule has 1 aliphatic carbocycles. The molecule has 1 aromatic carbocycles.